The Balaban J connectivity index is 2.56. The SMILES string of the molecule is CCNC(=NCC(C)(C)CCS(C)(=O)=O)NCC1(CC)CCC1. The van der Waals surface area contributed by atoms with Crippen LogP contribution in [0.4, 0.5) is 0 Å². The zero-order valence-corrected chi connectivity index (χ0v) is 16.4. The number of guanidine groups is 1. The molecule has 23 heavy (non-hydrogen) atoms. The minimum absolute atomic E-state index is 0.121. The van der Waals surface area contributed by atoms with E-state index in [9.17, 15) is 8.42 Å². The van der Waals surface area contributed by atoms with E-state index in [1.54, 1.807) is 0 Å². The van der Waals surface area contributed by atoms with Crippen LogP contribution in [0.1, 0.15) is 59.8 Å². The van der Waals surface area contributed by atoms with Crippen molar-refractivity contribution in [3.63, 3.8) is 0 Å². The molecule has 1 saturated carbocycles. The van der Waals surface area contributed by atoms with Gasteiger partial charge in [0, 0.05) is 25.9 Å². The number of hydrogen-bond donors (Lipinski definition) is 2. The van der Waals surface area contributed by atoms with Gasteiger partial charge in [0.2, 0.25) is 0 Å². The van der Waals surface area contributed by atoms with Crippen LogP contribution in [0, 0.1) is 10.8 Å². The molecule has 1 rings (SSSR count). The third kappa shape index (κ3) is 7.55. The fourth-order valence-electron chi connectivity index (χ4n) is 2.78. The third-order valence-electron chi connectivity index (χ3n) is 4.95. The average molecular weight is 346 g/mol. The van der Waals surface area contributed by atoms with E-state index < -0.39 is 9.84 Å². The van der Waals surface area contributed by atoms with E-state index in [1.165, 1.54) is 31.9 Å². The molecule has 0 aromatic carbocycles. The van der Waals surface area contributed by atoms with Gasteiger partial charge in [0.25, 0.3) is 0 Å². The largest absolute Gasteiger partial charge is 0.357 e. The van der Waals surface area contributed by atoms with Crippen LogP contribution in [0.2, 0.25) is 0 Å². The summed E-state index contributed by atoms with van der Waals surface area (Å²) in [7, 11) is -2.91. The highest BCUT2D eigenvalue weighted by molar-refractivity contribution is 7.90. The Morgan fingerprint density at radius 2 is 1.87 bits per heavy atom. The predicted molar refractivity (Wildman–Crippen MR) is 98.7 cm³/mol. The Hall–Kier alpha value is -0.780. The van der Waals surface area contributed by atoms with Crippen LogP contribution in [-0.2, 0) is 9.84 Å². The van der Waals surface area contributed by atoms with Gasteiger partial charge in [-0.2, -0.15) is 0 Å². The lowest BCUT2D eigenvalue weighted by atomic mass is 9.67. The summed E-state index contributed by atoms with van der Waals surface area (Å²) in [6.07, 6.45) is 7.07. The molecule has 0 aromatic heterocycles. The van der Waals surface area contributed by atoms with Crippen molar-refractivity contribution in [2.75, 3.05) is 31.6 Å². The molecule has 1 aliphatic carbocycles. The Morgan fingerprint density at radius 1 is 1.22 bits per heavy atom. The Labute approximate surface area is 142 Å². The molecule has 6 heteroatoms. The van der Waals surface area contributed by atoms with Crippen molar-refractivity contribution in [3.05, 3.63) is 0 Å². The van der Waals surface area contributed by atoms with Gasteiger partial charge in [0.15, 0.2) is 5.96 Å². The molecule has 0 saturated heterocycles. The van der Waals surface area contributed by atoms with Gasteiger partial charge in [-0.3, -0.25) is 4.99 Å². The van der Waals surface area contributed by atoms with Crippen LogP contribution < -0.4 is 10.6 Å². The van der Waals surface area contributed by atoms with Crippen molar-refractivity contribution in [2.24, 2.45) is 15.8 Å². The Bertz CT molecular complexity index is 488. The van der Waals surface area contributed by atoms with Crippen molar-refractivity contribution in [1.29, 1.82) is 0 Å². The average Bonchev–Trinajstić information content (AvgIpc) is 2.41. The molecule has 0 bridgehead atoms. The van der Waals surface area contributed by atoms with Crippen molar-refractivity contribution < 1.29 is 8.42 Å². The number of rotatable bonds is 9. The van der Waals surface area contributed by atoms with Crippen LogP contribution in [0.5, 0.6) is 0 Å². The van der Waals surface area contributed by atoms with Crippen LogP contribution in [-0.4, -0.2) is 46.0 Å². The van der Waals surface area contributed by atoms with E-state index in [0.29, 0.717) is 18.4 Å². The normalized spacial score (nSPS) is 18.4. The summed E-state index contributed by atoms with van der Waals surface area (Å²) in [4.78, 5) is 4.68. The van der Waals surface area contributed by atoms with Crippen LogP contribution >= 0.6 is 0 Å². The van der Waals surface area contributed by atoms with Crippen molar-refractivity contribution in [1.82, 2.24) is 10.6 Å². The smallest absolute Gasteiger partial charge is 0.191 e. The number of nitrogens with zero attached hydrogens (tertiary/aromatic N) is 1. The summed E-state index contributed by atoms with van der Waals surface area (Å²) in [6.45, 7) is 10.9. The minimum Gasteiger partial charge on any atom is -0.357 e. The molecule has 0 spiro atoms. The summed E-state index contributed by atoms with van der Waals surface area (Å²) in [6, 6.07) is 0. The maximum absolute atomic E-state index is 11.3. The summed E-state index contributed by atoms with van der Waals surface area (Å²) >= 11 is 0. The van der Waals surface area contributed by atoms with Crippen LogP contribution in [0.3, 0.4) is 0 Å². The molecule has 0 radical (unpaired) electrons. The monoisotopic (exact) mass is 345 g/mol. The molecular weight excluding hydrogens is 310 g/mol. The number of nitrogens with one attached hydrogen (secondary N) is 2. The third-order valence-corrected chi connectivity index (χ3v) is 5.90. The Morgan fingerprint density at radius 3 is 2.30 bits per heavy atom. The van der Waals surface area contributed by atoms with Crippen LogP contribution in [0.15, 0.2) is 4.99 Å². The topological polar surface area (TPSA) is 70.6 Å². The summed E-state index contributed by atoms with van der Waals surface area (Å²) < 4.78 is 22.7. The highest BCUT2D eigenvalue weighted by atomic mass is 32.2. The summed E-state index contributed by atoms with van der Waals surface area (Å²) in [5.41, 5.74) is 0.326. The molecule has 0 aromatic rings. The van der Waals surface area contributed by atoms with Gasteiger partial charge >= 0.3 is 0 Å². The van der Waals surface area contributed by atoms with Crippen molar-refractivity contribution in [3.8, 4) is 0 Å². The first-order valence-electron chi connectivity index (χ1n) is 8.81. The fourth-order valence-corrected chi connectivity index (χ4v) is 3.70. The van der Waals surface area contributed by atoms with Gasteiger partial charge in [0.1, 0.15) is 9.84 Å². The van der Waals surface area contributed by atoms with Crippen LogP contribution in [0.25, 0.3) is 0 Å². The lowest BCUT2D eigenvalue weighted by Crippen LogP contribution is -2.46. The molecule has 0 amide bonds. The molecule has 0 aliphatic heterocycles. The zero-order chi connectivity index (χ0) is 17.6. The molecule has 0 atom stereocenters. The van der Waals surface area contributed by atoms with E-state index in [4.69, 9.17) is 0 Å². The summed E-state index contributed by atoms with van der Waals surface area (Å²) in [5.74, 6) is 1.07. The van der Waals surface area contributed by atoms with Crippen molar-refractivity contribution in [2.45, 2.75) is 59.8 Å². The molecule has 5 nitrogen and oxygen atoms in total. The lowest BCUT2D eigenvalue weighted by Gasteiger charge is -2.41. The standard InChI is InChI=1S/C17H35N3O2S/c1-6-17(9-8-10-17)14-20-15(18-7-2)19-13-16(3,4)11-12-23(5,21)22/h6-14H2,1-5H3,(H2,18,19,20). The zero-order valence-electron chi connectivity index (χ0n) is 15.5. The molecule has 1 aliphatic rings. The van der Waals surface area contributed by atoms with Gasteiger partial charge in [-0.15, -0.1) is 0 Å². The molecule has 0 unspecified atom stereocenters. The first-order chi connectivity index (χ1) is 10.6. The van der Waals surface area contributed by atoms with Gasteiger partial charge in [-0.05, 0) is 43.4 Å². The maximum Gasteiger partial charge on any atom is 0.191 e. The highest BCUT2D eigenvalue weighted by Crippen LogP contribution is 2.42. The first-order valence-corrected chi connectivity index (χ1v) is 10.9. The molecular formula is C17H35N3O2S. The molecule has 1 fully saturated rings. The molecule has 0 heterocycles. The quantitative estimate of drug-likeness (QED) is 0.498. The predicted octanol–water partition coefficient (Wildman–Crippen LogP) is 2.58. The van der Waals surface area contributed by atoms with Gasteiger partial charge in [0.05, 0.1) is 5.75 Å². The number of sulfone groups is 1. The van der Waals surface area contributed by atoms with Gasteiger partial charge in [-0.25, -0.2) is 8.42 Å². The van der Waals surface area contributed by atoms with E-state index in [1.807, 2.05) is 0 Å². The van der Waals surface area contributed by atoms with E-state index in [2.05, 4.69) is 43.3 Å². The van der Waals surface area contributed by atoms with Gasteiger partial charge in [-0.1, -0.05) is 27.2 Å². The second kappa shape index (κ2) is 8.36. The van der Waals surface area contributed by atoms with E-state index in [0.717, 1.165) is 19.0 Å². The second-order valence-corrected chi connectivity index (χ2v) is 10.1. The first kappa shape index (κ1) is 20.3. The van der Waals surface area contributed by atoms with E-state index >= 15 is 0 Å². The highest BCUT2D eigenvalue weighted by Gasteiger charge is 2.34. The molecule has 136 valence electrons. The fraction of sp³-hybridized carbons (Fsp3) is 0.941. The van der Waals surface area contributed by atoms with Gasteiger partial charge < -0.3 is 10.6 Å². The van der Waals surface area contributed by atoms with E-state index in [-0.39, 0.29) is 11.2 Å². The number of aliphatic imine (C=N–C) groups is 1. The lowest BCUT2D eigenvalue weighted by molar-refractivity contribution is 0.131. The summed E-state index contributed by atoms with van der Waals surface area (Å²) in [5, 5.41) is 6.77. The maximum atomic E-state index is 11.3. The number of hydrogen-bond acceptors (Lipinski definition) is 3. The molecule has 2 N–H and O–H groups in total. The second-order valence-electron chi connectivity index (χ2n) is 7.80. The Kier molecular flexibility index (Phi) is 7.36. The minimum atomic E-state index is -2.91. The van der Waals surface area contributed by atoms with Crippen molar-refractivity contribution >= 4 is 15.8 Å².